The number of sulfone groups is 1. The zero-order valence-corrected chi connectivity index (χ0v) is 11.6. The van der Waals surface area contributed by atoms with Gasteiger partial charge in [-0.15, -0.1) is 0 Å². The van der Waals surface area contributed by atoms with Crippen LogP contribution >= 0.6 is 11.6 Å². The molecule has 0 amide bonds. The van der Waals surface area contributed by atoms with Gasteiger partial charge in [0.2, 0.25) is 9.84 Å². The Hall–Kier alpha value is -0.390. The summed E-state index contributed by atoms with van der Waals surface area (Å²) in [6.07, 6.45) is 2.93. The Labute approximate surface area is 107 Å². The molecule has 4 nitrogen and oxygen atoms in total. The van der Waals surface area contributed by atoms with Crippen molar-refractivity contribution in [3.63, 3.8) is 0 Å². The van der Waals surface area contributed by atoms with Crippen molar-refractivity contribution >= 4 is 26.5 Å². The number of rotatable bonds is 2. The molecular formula is C11H17ClN2O2S. The van der Waals surface area contributed by atoms with Gasteiger partial charge in [0.05, 0.1) is 6.20 Å². The van der Waals surface area contributed by atoms with Crippen molar-refractivity contribution in [2.75, 3.05) is 13.1 Å². The van der Waals surface area contributed by atoms with Gasteiger partial charge in [-0.1, -0.05) is 11.6 Å². The van der Waals surface area contributed by atoms with Gasteiger partial charge in [0, 0.05) is 12.0 Å². The lowest BCUT2D eigenvalue weighted by molar-refractivity contribution is 0.170. The van der Waals surface area contributed by atoms with E-state index in [9.17, 15) is 8.42 Å². The third-order valence-electron chi connectivity index (χ3n) is 3.43. The first-order chi connectivity index (χ1) is 7.93. The molecule has 2 aliphatic rings. The first-order valence-electron chi connectivity index (χ1n) is 5.85. The van der Waals surface area contributed by atoms with E-state index in [0.29, 0.717) is 6.04 Å². The molecule has 2 heterocycles. The van der Waals surface area contributed by atoms with Crippen LogP contribution in [-0.4, -0.2) is 37.5 Å². The van der Waals surface area contributed by atoms with Gasteiger partial charge in [0.1, 0.15) is 5.04 Å². The van der Waals surface area contributed by atoms with E-state index in [0.717, 1.165) is 25.9 Å². The van der Waals surface area contributed by atoms with Crippen LogP contribution < -0.4 is 0 Å². The molecule has 6 heteroatoms. The number of hydrogen-bond acceptors (Lipinski definition) is 4. The molecule has 2 aliphatic heterocycles. The van der Waals surface area contributed by atoms with Crippen LogP contribution in [0.3, 0.4) is 0 Å². The van der Waals surface area contributed by atoms with Crippen molar-refractivity contribution in [3.05, 3.63) is 10.6 Å². The summed E-state index contributed by atoms with van der Waals surface area (Å²) in [6, 6.07) is 0.514. The number of nitrogens with zero attached hydrogens (tertiary/aromatic N) is 2. The third-order valence-corrected chi connectivity index (χ3v) is 5.75. The van der Waals surface area contributed by atoms with Gasteiger partial charge in [0.15, 0.2) is 4.36 Å². The van der Waals surface area contributed by atoms with Crippen LogP contribution in [0.4, 0.5) is 0 Å². The van der Waals surface area contributed by atoms with Gasteiger partial charge in [-0.05, 0) is 39.8 Å². The summed E-state index contributed by atoms with van der Waals surface area (Å²) in [4.78, 5) is 6.33. The van der Waals surface area contributed by atoms with Gasteiger partial charge in [-0.3, -0.25) is 0 Å². The van der Waals surface area contributed by atoms with Crippen molar-refractivity contribution in [1.29, 1.82) is 0 Å². The van der Waals surface area contributed by atoms with E-state index in [2.05, 4.69) is 23.7 Å². The average Bonchev–Trinajstić information content (AvgIpc) is 2.54. The van der Waals surface area contributed by atoms with Crippen molar-refractivity contribution in [2.24, 2.45) is 10.9 Å². The van der Waals surface area contributed by atoms with Crippen molar-refractivity contribution < 1.29 is 8.42 Å². The molecule has 0 bridgehead atoms. The Kier molecular flexibility index (Phi) is 3.61. The maximum Gasteiger partial charge on any atom is 0.232 e. The summed E-state index contributed by atoms with van der Waals surface area (Å²) >= 11 is 5.65. The lowest BCUT2D eigenvalue weighted by Gasteiger charge is -2.34. The predicted molar refractivity (Wildman–Crippen MR) is 69.7 cm³/mol. The zero-order chi connectivity index (χ0) is 12.6. The smallest absolute Gasteiger partial charge is 0.232 e. The van der Waals surface area contributed by atoms with Crippen LogP contribution in [0.5, 0.6) is 0 Å². The summed E-state index contributed by atoms with van der Waals surface area (Å²) in [5.41, 5.74) is 0. The summed E-state index contributed by atoms with van der Waals surface area (Å²) < 4.78 is 23.6. The van der Waals surface area contributed by atoms with Gasteiger partial charge < -0.3 is 4.90 Å². The molecule has 0 N–H and O–H groups in total. The first kappa shape index (κ1) is 13.1. The summed E-state index contributed by atoms with van der Waals surface area (Å²) in [5.74, 6) is 0.0301. The van der Waals surface area contributed by atoms with Gasteiger partial charge in [0.25, 0.3) is 0 Å². The maximum absolute atomic E-state index is 11.9. The van der Waals surface area contributed by atoms with Crippen molar-refractivity contribution in [2.45, 2.75) is 32.7 Å². The van der Waals surface area contributed by atoms with Gasteiger partial charge >= 0.3 is 0 Å². The summed E-state index contributed by atoms with van der Waals surface area (Å²) in [6.45, 7) is 6.16. The predicted octanol–water partition coefficient (Wildman–Crippen LogP) is 1.97. The molecule has 0 aromatic rings. The van der Waals surface area contributed by atoms with E-state index in [1.54, 1.807) is 0 Å². The minimum absolute atomic E-state index is 0.0301. The largest absolute Gasteiger partial charge is 0.301 e. The van der Waals surface area contributed by atoms with Crippen molar-refractivity contribution in [1.82, 2.24) is 4.90 Å². The van der Waals surface area contributed by atoms with E-state index in [1.807, 2.05) is 0 Å². The Morgan fingerprint density at radius 1 is 1.41 bits per heavy atom. The van der Waals surface area contributed by atoms with Crippen LogP contribution in [0.2, 0.25) is 0 Å². The molecular weight excluding hydrogens is 260 g/mol. The standard InChI is InChI=1S/C11H17ClN2O2S/c1-8(2)14-5-3-9(4-6-14)11-13-7-10(12)17(11,15)16/h7-9H,3-6H2,1-2H3. The highest BCUT2D eigenvalue weighted by molar-refractivity contribution is 8.11. The molecule has 0 atom stereocenters. The molecule has 96 valence electrons. The second kappa shape index (κ2) is 4.71. The van der Waals surface area contributed by atoms with E-state index < -0.39 is 9.84 Å². The fourth-order valence-electron chi connectivity index (χ4n) is 2.34. The number of likely N-dealkylation sites (tertiary alicyclic amines) is 1. The SMILES string of the molecule is CC(C)N1CCC(C2=NC=C(Cl)S2(=O)=O)CC1. The molecule has 1 fully saturated rings. The van der Waals surface area contributed by atoms with Crippen LogP contribution in [0.15, 0.2) is 15.6 Å². The number of halogens is 1. The van der Waals surface area contributed by atoms with Crippen LogP contribution in [0.1, 0.15) is 26.7 Å². The minimum atomic E-state index is -3.45. The summed E-state index contributed by atoms with van der Waals surface area (Å²) in [5, 5.41) is 0.269. The van der Waals surface area contributed by atoms with E-state index in [-0.39, 0.29) is 15.3 Å². The normalized spacial score (nSPS) is 26.1. The van der Waals surface area contributed by atoms with E-state index in [1.165, 1.54) is 6.20 Å². The van der Waals surface area contributed by atoms with Gasteiger partial charge in [-0.2, -0.15) is 0 Å². The molecule has 0 aromatic heterocycles. The average molecular weight is 277 g/mol. The molecule has 0 aliphatic carbocycles. The second-order valence-electron chi connectivity index (χ2n) is 4.81. The Bertz CT molecular complexity index is 460. The Morgan fingerprint density at radius 2 is 2.00 bits per heavy atom. The van der Waals surface area contributed by atoms with Gasteiger partial charge in [-0.25, -0.2) is 13.4 Å². The molecule has 0 saturated carbocycles. The lowest BCUT2D eigenvalue weighted by Crippen LogP contribution is -2.41. The fourth-order valence-corrected chi connectivity index (χ4v) is 3.88. The third kappa shape index (κ3) is 2.41. The maximum atomic E-state index is 11.9. The molecule has 0 spiro atoms. The molecule has 17 heavy (non-hydrogen) atoms. The highest BCUT2D eigenvalue weighted by Gasteiger charge is 2.36. The van der Waals surface area contributed by atoms with Crippen LogP contribution in [-0.2, 0) is 9.84 Å². The molecule has 0 radical (unpaired) electrons. The van der Waals surface area contributed by atoms with E-state index in [4.69, 9.17) is 11.6 Å². The first-order valence-corrected chi connectivity index (χ1v) is 7.71. The molecule has 1 saturated heterocycles. The van der Waals surface area contributed by atoms with E-state index >= 15 is 0 Å². The topological polar surface area (TPSA) is 49.7 Å². The Balaban J connectivity index is 2.05. The highest BCUT2D eigenvalue weighted by atomic mass is 35.5. The quantitative estimate of drug-likeness (QED) is 0.775. The minimum Gasteiger partial charge on any atom is -0.301 e. The monoisotopic (exact) mass is 276 g/mol. The van der Waals surface area contributed by atoms with Crippen LogP contribution in [0.25, 0.3) is 0 Å². The summed E-state index contributed by atoms with van der Waals surface area (Å²) in [7, 11) is -3.45. The van der Waals surface area contributed by atoms with Crippen LogP contribution in [0, 0.1) is 5.92 Å². The highest BCUT2D eigenvalue weighted by Crippen LogP contribution is 2.30. The second-order valence-corrected chi connectivity index (χ2v) is 7.30. The molecule has 2 rings (SSSR count). The lowest BCUT2D eigenvalue weighted by atomic mass is 9.97. The number of piperidine rings is 1. The fraction of sp³-hybridized carbons (Fsp3) is 0.727. The Morgan fingerprint density at radius 3 is 2.41 bits per heavy atom. The molecule has 0 aromatic carbocycles. The molecule has 0 unspecified atom stereocenters. The zero-order valence-electron chi connectivity index (χ0n) is 10.1. The number of aliphatic imine (C=N–C) groups is 1. The van der Waals surface area contributed by atoms with Crippen molar-refractivity contribution in [3.8, 4) is 0 Å². The number of hydrogen-bond donors (Lipinski definition) is 0.